The second-order valence-electron chi connectivity index (χ2n) is 8.81. The van der Waals surface area contributed by atoms with Gasteiger partial charge < -0.3 is 30.8 Å². The molecule has 4 N–H and O–H groups in total. The van der Waals surface area contributed by atoms with Crippen LogP contribution in [-0.2, 0) is 0 Å². The molecule has 2 amide bonds. The smallest absolute Gasteiger partial charge is 0.321 e. The van der Waals surface area contributed by atoms with Gasteiger partial charge in [-0.25, -0.2) is 9.78 Å². The summed E-state index contributed by atoms with van der Waals surface area (Å²) in [6.45, 7) is 0.967. The van der Waals surface area contributed by atoms with E-state index in [2.05, 4.69) is 20.6 Å². The summed E-state index contributed by atoms with van der Waals surface area (Å²) in [5, 5.41) is 13.9. The number of aromatic amines is 1. The molecule has 1 aliphatic heterocycles. The highest BCUT2D eigenvalue weighted by atomic mass is 16.2. The number of benzene rings is 1. The van der Waals surface area contributed by atoms with E-state index >= 15 is 0 Å². The monoisotopic (exact) mass is 437 g/mol. The van der Waals surface area contributed by atoms with Crippen LogP contribution in [0.5, 0.6) is 0 Å². The summed E-state index contributed by atoms with van der Waals surface area (Å²) in [5.74, 6) is 1.02. The van der Waals surface area contributed by atoms with Crippen LogP contribution in [0.2, 0.25) is 0 Å². The number of hydrogen-bond acceptors (Lipinski definition) is 6. The van der Waals surface area contributed by atoms with Crippen molar-refractivity contribution in [3.63, 3.8) is 0 Å². The SMILES string of the molecule is CN(C)c1ccc(NC(=O)N2CC(c3nc(NC4CCCCC4)c(C=N)c(=O)[nH]3)C2)cc1. The fourth-order valence-corrected chi connectivity index (χ4v) is 4.24. The minimum atomic E-state index is -0.313. The van der Waals surface area contributed by atoms with Crippen molar-refractivity contribution in [2.75, 3.05) is 42.7 Å². The van der Waals surface area contributed by atoms with Gasteiger partial charge >= 0.3 is 6.03 Å². The van der Waals surface area contributed by atoms with E-state index in [0.29, 0.717) is 24.7 Å². The molecule has 0 unspecified atom stereocenters. The summed E-state index contributed by atoms with van der Waals surface area (Å²) < 4.78 is 0. The fourth-order valence-electron chi connectivity index (χ4n) is 4.24. The molecule has 9 nitrogen and oxygen atoms in total. The average molecular weight is 438 g/mol. The Hall–Kier alpha value is -3.36. The zero-order valence-electron chi connectivity index (χ0n) is 18.6. The van der Waals surface area contributed by atoms with Crippen molar-refractivity contribution in [3.05, 3.63) is 46.0 Å². The Labute approximate surface area is 187 Å². The Morgan fingerprint density at radius 2 is 1.88 bits per heavy atom. The van der Waals surface area contributed by atoms with E-state index in [-0.39, 0.29) is 29.1 Å². The van der Waals surface area contributed by atoms with Gasteiger partial charge in [-0.3, -0.25) is 4.79 Å². The number of rotatable bonds is 6. The highest BCUT2D eigenvalue weighted by molar-refractivity contribution is 5.90. The van der Waals surface area contributed by atoms with Crippen molar-refractivity contribution in [1.82, 2.24) is 14.9 Å². The first-order valence-corrected chi connectivity index (χ1v) is 11.2. The Morgan fingerprint density at radius 1 is 1.19 bits per heavy atom. The molecule has 2 aliphatic rings. The molecule has 1 saturated carbocycles. The number of hydrogen-bond donors (Lipinski definition) is 4. The molecule has 1 aliphatic carbocycles. The van der Waals surface area contributed by atoms with Gasteiger partial charge in [-0.2, -0.15) is 0 Å². The predicted octanol–water partition coefficient (Wildman–Crippen LogP) is 3.21. The molecule has 1 aromatic heterocycles. The number of nitrogens with zero attached hydrogens (tertiary/aromatic N) is 3. The average Bonchev–Trinajstić information content (AvgIpc) is 2.74. The molecular weight excluding hydrogens is 406 g/mol. The van der Waals surface area contributed by atoms with E-state index in [0.717, 1.165) is 43.3 Å². The highest BCUT2D eigenvalue weighted by Gasteiger charge is 2.34. The Kier molecular flexibility index (Phi) is 6.43. The van der Waals surface area contributed by atoms with E-state index in [4.69, 9.17) is 5.41 Å². The number of anilines is 3. The number of urea groups is 1. The van der Waals surface area contributed by atoms with Gasteiger partial charge in [0.15, 0.2) is 0 Å². The van der Waals surface area contributed by atoms with Crippen LogP contribution >= 0.6 is 0 Å². The normalized spacial score (nSPS) is 16.9. The second kappa shape index (κ2) is 9.42. The van der Waals surface area contributed by atoms with Gasteiger partial charge in [-0.05, 0) is 37.1 Å². The minimum absolute atomic E-state index is 0.0312. The summed E-state index contributed by atoms with van der Waals surface area (Å²) in [5.41, 5.74) is 1.75. The molecule has 9 heteroatoms. The van der Waals surface area contributed by atoms with Gasteiger partial charge in [0.1, 0.15) is 11.6 Å². The first-order valence-electron chi connectivity index (χ1n) is 11.2. The Morgan fingerprint density at radius 3 is 2.50 bits per heavy atom. The van der Waals surface area contributed by atoms with Crippen LogP contribution in [0.3, 0.4) is 0 Å². The lowest BCUT2D eigenvalue weighted by Crippen LogP contribution is -2.51. The van der Waals surface area contributed by atoms with Crippen molar-refractivity contribution < 1.29 is 4.79 Å². The molecule has 0 bridgehead atoms. The first-order chi connectivity index (χ1) is 15.4. The summed E-state index contributed by atoms with van der Waals surface area (Å²) in [6.07, 6.45) is 6.73. The molecule has 0 spiro atoms. The van der Waals surface area contributed by atoms with Gasteiger partial charge in [-0.15, -0.1) is 0 Å². The zero-order chi connectivity index (χ0) is 22.7. The lowest BCUT2D eigenvalue weighted by atomic mass is 9.95. The molecule has 4 rings (SSSR count). The van der Waals surface area contributed by atoms with Crippen molar-refractivity contribution >= 4 is 29.4 Å². The first kappa shape index (κ1) is 21.9. The van der Waals surface area contributed by atoms with Crippen LogP contribution < -0.4 is 21.1 Å². The van der Waals surface area contributed by atoms with Crippen LogP contribution in [0.1, 0.15) is 49.4 Å². The number of likely N-dealkylation sites (tertiary alicyclic amines) is 1. The number of H-pyrrole nitrogens is 1. The molecule has 32 heavy (non-hydrogen) atoms. The zero-order valence-corrected chi connectivity index (χ0v) is 18.6. The van der Waals surface area contributed by atoms with Crippen LogP contribution in [-0.4, -0.2) is 60.3 Å². The van der Waals surface area contributed by atoms with Crippen LogP contribution in [0.4, 0.5) is 22.0 Å². The predicted molar refractivity (Wildman–Crippen MR) is 127 cm³/mol. The number of aromatic nitrogens is 2. The van der Waals surface area contributed by atoms with Gasteiger partial charge in [-0.1, -0.05) is 19.3 Å². The Bertz CT molecular complexity index is 1020. The summed E-state index contributed by atoms with van der Waals surface area (Å²) in [7, 11) is 3.94. The van der Waals surface area contributed by atoms with E-state index in [9.17, 15) is 9.59 Å². The molecule has 1 aromatic carbocycles. The minimum Gasteiger partial charge on any atom is -0.378 e. The second-order valence-corrected chi connectivity index (χ2v) is 8.81. The quantitative estimate of drug-likeness (QED) is 0.518. The third kappa shape index (κ3) is 4.76. The number of nitrogens with one attached hydrogen (secondary N) is 4. The maximum absolute atomic E-state index is 12.6. The van der Waals surface area contributed by atoms with Crippen molar-refractivity contribution in [2.45, 2.75) is 44.1 Å². The standard InChI is InChI=1S/C23H31N7O2/c1-29(2)18-10-8-17(9-11-18)26-23(32)30-13-15(14-30)20-27-21(19(12-24)22(31)28-20)25-16-6-4-3-5-7-16/h8-12,15-16,24H,3-7,13-14H2,1-2H3,(H,26,32)(H2,25,27,28,31). The Balaban J connectivity index is 1.39. The topological polar surface area (TPSA) is 117 Å². The van der Waals surface area contributed by atoms with E-state index < -0.39 is 0 Å². The molecular formula is C23H31N7O2. The highest BCUT2D eigenvalue weighted by Crippen LogP contribution is 2.27. The molecule has 0 radical (unpaired) electrons. The van der Waals surface area contributed by atoms with E-state index in [1.165, 1.54) is 6.42 Å². The summed E-state index contributed by atoms with van der Waals surface area (Å²) in [4.78, 5) is 36.2. The van der Waals surface area contributed by atoms with Gasteiger partial charge in [0.25, 0.3) is 5.56 Å². The van der Waals surface area contributed by atoms with Crippen molar-refractivity contribution in [3.8, 4) is 0 Å². The number of amides is 2. The molecule has 2 fully saturated rings. The maximum Gasteiger partial charge on any atom is 0.321 e. The third-order valence-electron chi connectivity index (χ3n) is 6.25. The number of carbonyl (C=O) groups is 1. The number of carbonyl (C=O) groups excluding carboxylic acids is 1. The van der Waals surface area contributed by atoms with Crippen LogP contribution in [0.25, 0.3) is 0 Å². The van der Waals surface area contributed by atoms with Gasteiger partial charge in [0, 0.05) is 50.8 Å². The fraction of sp³-hybridized carbons (Fsp3) is 0.478. The van der Waals surface area contributed by atoms with Gasteiger partial charge in [0.05, 0.1) is 11.5 Å². The van der Waals surface area contributed by atoms with E-state index in [1.54, 1.807) is 4.90 Å². The molecule has 0 atom stereocenters. The summed E-state index contributed by atoms with van der Waals surface area (Å²) in [6, 6.07) is 7.78. The van der Waals surface area contributed by atoms with Crippen molar-refractivity contribution in [2.24, 2.45) is 0 Å². The summed E-state index contributed by atoms with van der Waals surface area (Å²) >= 11 is 0. The lowest BCUT2D eigenvalue weighted by Gasteiger charge is -2.38. The van der Waals surface area contributed by atoms with Gasteiger partial charge in [0.2, 0.25) is 0 Å². The van der Waals surface area contributed by atoms with Crippen LogP contribution in [0.15, 0.2) is 29.1 Å². The molecule has 1 saturated heterocycles. The molecule has 2 aromatic rings. The molecule has 170 valence electrons. The van der Waals surface area contributed by atoms with E-state index in [1.807, 2.05) is 43.3 Å². The lowest BCUT2D eigenvalue weighted by molar-refractivity contribution is 0.160. The maximum atomic E-state index is 12.6. The molecule has 2 heterocycles. The largest absolute Gasteiger partial charge is 0.378 e. The van der Waals surface area contributed by atoms with Crippen LogP contribution in [0, 0.1) is 5.41 Å². The third-order valence-corrected chi connectivity index (χ3v) is 6.25. The van der Waals surface area contributed by atoms with Crippen molar-refractivity contribution in [1.29, 1.82) is 5.41 Å².